The van der Waals surface area contributed by atoms with Crippen LogP contribution in [0.25, 0.3) is 10.4 Å². The molecular formula is C36H35NO2S4. The van der Waals surface area contributed by atoms with Crippen molar-refractivity contribution in [3.05, 3.63) is 108 Å². The van der Waals surface area contributed by atoms with E-state index < -0.39 is 20.7 Å². The maximum absolute atomic E-state index is 14.8. The van der Waals surface area contributed by atoms with Gasteiger partial charge in [-0.2, -0.15) is 0 Å². The Hall–Kier alpha value is -2.45. The minimum absolute atomic E-state index is 0.0354. The highest BCUT2D eigenvalue weighted by atomic mass is 32.2. The minimum Gasteiger partial charge on any atom is -0.274 e. The number of carbonyl (C=O) groups is 2. The molecule has 3 aromatic carbocycles. The first-order valence-electron chi connectivity index (χ1n) is 14.7. The lowest BCUT2D eigenvalue weighted by Crippen LogP contribution is -2.41. The average molecular weight is 642 g/mol. The summed E-state index contributed by atoms with van der Waals surface area (Å²) in [7, 11) is 0. The third kappa shape index (κ3) is 4.40. The summed E-state index contributed by atoms with van der Waals surface area (Å²) in [6.45, 7) is 13.5. The molecule has 0 spiro atoms. The molecule has 2 amide bonds. The maximum Gasteiger partial charge on any atom is 0.240 e. The van der Waals surface area contributed by atoms with Gasteiger partial charge in [0.1, 0.15) is 4.08 Å². The molecule has 2 bridgehead atoms. The Morgan fingerprint density at radius 3 is 1.84 bits per heavy atom. The van der Waals surface area contributed by atoms with Gasteiger partial charge in [0.25, 0.3) is 0 Å². The van der Waals surface area contributed by atoms with Crippen LogP contribution in [0.3, 0.4) is 0 Å². The van der Waals surface area contributed by atoms with E-state index in [-0.39, 0.29) is 21.3 Å². The summed E-state index contributed by atoms with van der Waals surface area (Å²) < 4.78 is -0.268. The fraction of sp³-hybridized carbons (Fsp3) is 0.333. The largest absolute Gasteiger partial charge is 0.274 e. The first-order chi connectivity index (χ1) is 20.4. The van der Waals surface area contributed by atoms with Crippen molar-refractivity contribution in [3.63, 3.8) is 0 Å². The lowest BCUT2D eigenvalue weighted by Gasteiger charge is -2.38. The van der Waals surface area contributed by atoms with Gasteiger partial charge in [0.15, 0.2) is 0 Å². The molecule has 0 aliphatic carbocycles. The highest BCUT2D eigenvalue weighted by Gasteiger charge is 2.79. The summed E-state index contributed by atoms with van der Waals surface area (Å²) >= 11 is 7.48. The van der Waals surface area contributed by atoms with E-state index in [2.05, 4.69) is 96.1 Å². The Morgan fingerprint density at radius 1 is 0.698 bits per heavy atom. The topological polar surface area (TPSA) is 37.4 Å². The van der Waals surface area contributed by atoms with Crippen LogP contribution in [0.15, 0.2) is 95.2 Å². The van der Waals surface area contributed by atoms with Crippen LogP contribution in [-0.2, 0) is 18.4 Å². The molecule has 3 nitrogen and oxygen atoms in total. The van der Waals surface area contributed by atoms with Crippen LogP contribution in [0, 0.1) is 11.8 Å². The number of para-hydroxylation sites is 1. The molecule has 0 unspecified atom stereocenters. The molecule has 0 radical (unpaired) electrons. The summed E-state index contributed by atoms with van der Waals surface area (Å²) in [5.41, 5.74) is 5.44. The van der Waals surface area contributed by atoms with Gasteiger partial charge in [0.2, 0.25) is 11.8 Å². The van der Waals surface area contributed by atoms with Crippen molar-refractivity contribution in [2.45, 2.75) is 64.1 Å². The Bertz CT molecular complexity index is 1720. The van der Waals surface area contributed by atoms with Gasteiger partial charge in [-0.05, 0) is 23.3 Å². The minimum atomic E-state index is -0.688. The van der Waals surface area contributed by atoms with Crippen LogP contribution < -0.4 is 4.90 Å². The Kier molecular flexibility index (Phi) is 6.83. The molecule has 220 valence electrons. The smallest absolute Gasteiger partial charge is 0.240 e. The van der Waals surface area contributed by atoms with E-state index in [0.29, 0.717) is 5.69 Å². The molecule has 7 heteroatoms. The number of hydrogen-bond acceptors (Lipinski definition) is 6. The molecule has 0 N–H and O–H groups in total. The van der Waals surface area contributed by atoms with Gasteiger partial charge < -0.3 is 0 Å². The van der Waals surface area contributed by atoms with Gasteiger partial charge in [-0.1, -0.05) is 120 Å². The van der Waals surface area contributed by atoms with Crippen molar-refractivity contribution >= 4 is 64.1 Å². The number of thioether (sulfide) groups is 3. The highest BCUT2D eigenvalue weighted by molar-refractivity contribution is 8.19. The van der Waals surface area contributed by atoms with Crippen molar-refractivity contribution in [2.75, 3.05) is 4.90 Å². The van der Waals surface area contributed by atoms with Gasteiger partial charge in [-0.3, -0.25) is 9.59 Å². The van der Waals surface area contributed by atoms with E-state index >= 15 is 0 Å². The third-order valence-electron chi connectivity index (χ3n) is 8.17. The summed E-state index contributed by atoms with van der Waals surface area (Å²) in [4.78, 5) is 32.4. The molecule has 2 saturated heterocycles. The molecule has 3 aliphatic rings. The molecule has 2 fully saturated rings. The van der Waals surface area contributed by atoms with Gasteiger partial charge in [0, 0.05) is 25.5 Å². The van der Waals surface area contributed by atoms with Crippen LogP contribution >= 0.6 is 46.6 Å². The molecular weight excluding hydrogens is 607 g/mol. The predicted molar refractivity (Wildman–Crippen MR) is 185 cm³/mol. The lowest BCUT2D eigenvalue weighted by atomic mass is 9.67. The van der Waals surface area contributed by atoms with Crippen LogP contribution in [-0.4, -0.2) is 21.3 Å². The number of rotatable bonds is 5. The SMILES string of the molecule is CC(C)(C)Sc1sc(-c2ccccc2)c2c1[C@@]1(c3ccccc3)S[C@]2(SC(C)(C)C)[C@H]2C(=O)N(c3ccccc3)C(=O)[C@H]21. The Morgan fingerprint density at radius 2 is 1.26 bits per heavy atom. The van der Waals surface area contributed by atoms with E-state index in [1.54, 1.807) is 0 Å². The number of benzene rings is 3. The van der Waals surface area contributed by atoms with Crippen molar-refractivity contribution in [1.82, 2.24) is 0 Å². The fourth-order valence-corrected chi connectivity index (χ4v) is 15.4. The second kappa shape index (κ2) is 10.0. The number of carbonyl (C=O) groups excluding carboxylic acids is 2. The third-order valence-corrected chi connectivity index (χ3v) is 14.4. The number of anilines is 1. The molecule has 4 heterocycles. The lowest BCUT2D eigenvalue weighted by molar-refractivity contribution is -0.122. The van der Waals surface area contributed by atoms with Crippen molar-refractivity contribution in [1.29, 1.82) is 0 Å². The van der Waals surface area contributed by atoms with E-state index in [9.17, 15) is 9.59 Å². The fourth-order valence-electron chi connectivity index (χ4n) is 6.95. The summed E-state index contributed by atoms with van der Waals surface area (Å²) in [5, 5.41) is 0. The number of hydrogen-bond donors (Lipinski definition) is 0. The van der Waals surface area contributed by atoms with Crippen LogP contribution in [0.5, 0.6) is 0 Å². The summed E-state index contributed by atoms with van der Waals surface area (Å²) in [6, 6.07) is 30.7. The van der Waals surface area contributed by atoms with Crippen LogP contribution in [0.2, 0.25) is 0 Å². The van der Waals surface area contributed by atoms with Crippen LogP contribution in [0.4, 0.5) is 5.69 Å². The number of imide groups is 1. The molecule has 43 heavy (non-hydrogen) atoms. The zero-order chi connectivity index (χ0) is 30.4. The number of amides is 2. The molecule has 4 atom stereocenters. The number of nitrogens with zero attached hydrogens (tertiary/aromatic N) is 1. The van der Waals surface area contributed by atoms with Crippen LogP contribution in [0.1, 0.15) is 58.2 Å². The van der Waals surface area contributed by atoms with Crippen molar-refractivity contribution < 1.29 is 9.59 Å². The van der Waals surface area contributed by atoms with Gasteiger partial charge in [0.05, 0.1) is 26.5 Å². The van der Waals surface area contributed by atoms with Gasteiger partial charge in [-0.25, -0.2) is 4.90 Å². The van der Waals surface area contributed by atoms with Crippen molar-refractivity contribution in [3.8, 4) is 10.4 Å². The molecule has 1 aromatic heterocycles. The zero-order valence-electron chi connectivity index (χ0n) is 25.2. The first-order valence-corrected chi connectivity index (χ1v) is 17.9. The summed E-state index contributed by atoms with van der Waals surface area (Å²) in [5.74, 6) is -1.16. The summed E-state index contributed by atoms with van der Waals surface area (Å²) in [6.07, 6.45) is 0. The van der Waals surface area contributed by atoms with E-state index in [0.717, 1.165) is 5.56 Å². The van der Waals surface area contributed by atoms with E-state index in [1.165, 1.54) is 30.7 Å². The Labute approximate surface area is 271 Å². The van der Waals surface area contributed by atoms with Gasteiger partial charge >= 0.3 is 0 Å². The predicted octanol–water partition coefficient (Wildman–Crippen LogP) is 9.80. The maximum atomic E-state index is 14.8. The molecule has 3 aliphatic heterocycles. The average Bonchev–Trinajstić information content (AvgIpc) is 3.64. The number of fused-ring (bicyclic) bond motifs is 8. The quantitative estimate of drug-likeness (QED) is 0.160. The Balaban J connectivity index is 1.60. The second-order valence-corrected chi connectivity index (χ2v) is 20.4. The van der Waals surface area contributed by atoms with E-state index in [4.69, 9.17) is 0 Å². The standard InChI is InChI=1S/C36H35NO2S4/c1-33(2,3)41-32-28-25(29(40-32)22-16-10-7-11-17-22)36(42-34(4,5)6)27-26(35(28,43-36)23-18-12-8-13-19-23)30(38)37(31(27)39)24-20-14-9-15-21-24/h7-21,26-27H,1-6H3/t26-,27+,35-,36-/m0/s1. The normalized spacial score (nSPS) is 26.2. The number of thiophene rings is 1. The van der Waals surface area contributed by atoms with E-state index in [1.807, 2.05) is 83.0 Å². The van der Waals surface area contributed by atoms with Crippen molar-refractivity contribution in [2.24, 2.45) is 11.8 Å². The highest BCUT2D eigenvalue weighted by Crippen LogP contribution is 2.83. The first kappa shape index (κ1) is 29.3. The monoisotopic (exact) mass is 641 g/mol. The molecule has 7 rings (SSSR count). The van der Waals surface area contributed by atoms with Gasteiger partial charge in [-0.15, -0.1) is 46.6 Å². The zero-order valence-corrected chi connectivity index (χ0v) is 28.5. The molecule has 4 aromatic rings. The molecule has 0 saturated carbocycles. The second-order valence-electron chi connectivity index (χ2n) is 13.4.